The van der Waals surface area contributed by atoms with Gasteiger partial charge in [-0.3, -0.25) is 0 Å². The highest BCUT2D eigenvalue weighted by atomic mass is 16.5. The van der Waals surface area contributed by atoms with Gasteiger partial charge in [-0.05, 0) is 31.4 Å². The van der Waals surface area contributed by atoms with Crippen LogP contribution in [0.2, 0.25) is 0 Å². The van der Waals surface area contributed by atoms with Crippen LogP contribution in [0.15, 0.2) is 18.2 Å². The quantitative estimate of drug-likeness (QED) is 0.566. The molecule has 2 aliphatic rings. The van der Waals surface area contributed by atoms with Crippen molar-refractivity contribution in [3.8, 4) is 5.75 Å². The van der Waals surface area contributed by atoms with Gasteiger partial charge in [-0.2, -0.15) is 0 Å². The highest BCUT2D eigenvalue weighted by Gasteiger charge is 2.51. The van der Waals surface area contributed by atoms with Crippen molar-refractivity contribution in [1.29, 1.82) is 0 Å². The summed E-state index contributed by atoms with van der Waals surface area (Å²) in [5.74, 6) is 1.13. The molecule has 1 nitrogen and oxygen atoms in total. The maximum atomic E-state index is 5.66. The van der Waals surface area contributed by atoms with Gasteiger partial charge in [0.25, 0.3) is 0 Å². The standard InChI is InChI=1S/C11H12O/c1-8-3-2-4-9-10(8)11(5-6-11)7-12-9/h2-4H,5-7H2,1H3. The predicted octanol–water partition coefficient (Wildman–Crippen LogP) is 2.42. The van der Waals surface area contributed by atoms with Crippen molar-refractivity contribution in [1.82, 2.24) is 0 Å². The number of fused-ring (bicyclic) bond motifs is 2. The Labute approximate surface area is 72.4 Å². The molecular weight excluding hydrogens is 148 g/mol. The molecule has 0 saturated heterocycles. The average Bonchev–Trinajstić information content (AvgIpc) is 2.71. The number of hydrogen-bond acceptors (Lipinski definition) is 1. The Hall–Kier alpha value is -0.980. The molecule has 12 heavy (non-hydrogen) atoms. The lowest BCUT2D eigenvalue weighted by Crippen LogP contribution is -2.08. The minimum absolute atomic E-state index is 0.445. The third kappa shape index (κ3) is 0.644. The van der Waals surface area contributed by atoms with E-state index in [2.05, 4.69) is 25.1 Å². The molecule has 1 fully saturated rings. The zero-order valence-corrected chi connectivity index (χ0v) is 7.26. The number of aryl methyl sites for hydroxylation is 1. The first-order valence-electron chi connectivity index (χ1n) is 4.55. The van der Waals surface area contributed by atoms with E-state index in [1.807, 2.05) is 0 Å². The predicted molar refractivity (Wildman–Crippen MR) is 47.6 cm³/mol. The second kappa shape index (κ2) is 1.85. The molecule has 1 aliphatic heterocycles. The Kier molecular flexibility index (Phi) is 1.00. The van der Waals surface area contributed by atoms with Gasteiger partial charge < -0.3 is 4.74 Å². The topological polar surface area (TPSA) is 9.23 Å². The van der Waals surface area contributed by atoms with Crippen LogP contribution in [0.4, 0.5) is 0 Å². The molecule has 0 bridgehead atoms. The number of benzene rings is 1. The van der Waals surface area contributed by atoms with Crippen LogP contribution in [0.25, 0.3) is 0 Å². The molecule has 1 aromatic carbocycles. The minimum Gasteiger partial charge on any atom is -0.492 e. The molecular formula is C11H12O. The van der Waals surface area contributed by atoms with Crippen molar-refractivity contribution >= 4 is 0 Å². The molecule has 1 heterocycles. The van der Waals surface area contributed by atoms with E-state index in [1.165, 1.54) is 24.0 Å². The van der Waals surface area contributed by atoms with Gasteiger partial charge in [0.15, 0.2) is 0 Å². The third-order valence-corrected chi connectivity index (χ3v) is 3.12. The molecule has 0 unspecified atom stereocenters. The zero-order chi connectivity index (χ0) is 8.18. The van der Waals surface area contributed by atoms with Crippen molar-refractivity contribution in [2.75, 3.05) is 6.61 Å². The zero-order valence-electron chi connectivity index (χ0n) is 7.26. The first kappa shape index (κ1) is 6.53. The molecule has 0 radical (unpaired) electrons. The molecule has 1 heteroatoms. The van der Waals surface area contributed by atoms with Gasteiger partial charge in [0.05, 0.1) is 6.61 Å². The Morgan fingerprint density at radius 3 is 2.92 bits per heavy atom. The molecule has 0 aromatic heterocycles. The molecule has 1 aromatic rings. The van der Waals surface area contributed by atoms with Crippen molar-refractivity contribution < 1.29 is 4.74 Å². The van der Waals surface area contributed by atoms with Crippen molar-refractivity contribution in [3.05, 3.63) is 29.3 Å². The lowest BCUT2D eigenvalue weighted by Gasteiger charge is -2.06. The molecule has 1 spiro atoms. The monoisotopic (exact) mass is 160 g/mol. The molecule has 0 N–H and O–H groups in total. The van der Waals surface area contributed by atoms with Crippen LogP contribution >= 0.6 is 0 Å². The van der Waals surface area contributed by atoms with Gasteiger partial charge in [-0.25, -0.2) is 0 Å². The lowest BCUT2D eigenvalue weighted by atomic mass is 9.94. The van der Waals surface area contributed by atoms with Gasteiger partial charge in [0.2, 0.25) is 0 Å². The first-order chi connectivity index (χ1) is 5.82. The Morgan fingerprint density at radius 1 is 1.33 bits per heavy atom. The van der Waals surface area contributed by atoms with Gasteiger partial charge in [0.1, 0.15) is 5.75 Å². The third-order valence-electron chi connectivity index (χ3n) is 3.12. The van der Waals surface area contributed by atoms with Crippen LogP contribution < -0.4 is 4.74 Å². The Bertz CT molecular complexity index is 337. The number of hydrogen-bond donors (Lipinski definition) is 0. The van der Waals surface area contributed by atoms with Gasteiger partial charge in [-0.15, -0.1) is 0 Å². The SMILES string of the molecule is Cc1cccc2c1C1(CC1)CO2. The Balaban J connectivity index is 2.26. The van der Waals surface area contributed by atoms with Gasteiger partial charge in [-0.1, -0.05) is 12.1 Å². The summed E-state index contributed by atoms with van der Waals surface area (Å²) >= 11 is 0. The summed E-state index contributed by atoms with van der Waals surface area (Å²) in [5, 5.41) is 0. The largest absolute Gasteiger partial charge is 0.492 e. The minimum atomic E-state index is 0.445. The van der Waals surface area contributed by atoms with E-state index in [4.69, 9.17) is 4.74 Å². The lowest BCUT2D eigenvalue weighted by molar-refractivity contribution is 0.323. The average molecular weight is 160 g/mol. The summed E-state index contributed by atoms with van der Waals surface area (Å²) in [7, 11) is 0. The summed E-state index contributed by atoms with van der Waals surface area (Å²) in [6, 6.07) is 6.36. The maximum Gasteiger partial charge on any atom is 0.123 e. The normalized spacial score (nSPS) is 22.1. The highest BCUT2D eigenvalue weighted by molar-refractivity contribution is 5.51. The second-order valence-electron chi connectivity index (χ2n) is 4.02. The molecule has 1 saturated carbocycles. The van der Waals surface area contributed by atoms with Crippen LogP contribution in [0.1, 0.15) is 24.0 Å². The van der Waals surface area contributed by atoms with E-state index in [-0.39, 0.29) is 0 Å². The summed E-state index contributed by atoms with van der Waals surface area (Å²) in [6.45, 7) is 3.11. The smallest absolute Gasteiger partial charge is 0.123 e. The molecule has 0 atom stereocenters. The molecule has 3 rings (SSSR count). The van der Waals surface area contributed by atoms with Crippen molar-refractivity contribution in [3.63, 3.8) is 0 Å². The van der Waals surface area contributed by atoms with Crippen molar-refractivity contribution in [2.45, 2.75) is 25.2 Å². The summed E-state index contributed by atoms with van der Waals surface area (Å²) < 4.78 is 5.66. The van der Waals surface area contributed by atoms with Gasteiger partial charge >= 0.3 is 0 Å². The first-order valence-corrected chi connectivity index (χ1v) is 4.55. The maximum absolute atomic E-state index is 5.66. The molecule has 1 aliphatic carbocycles. The van der Waals surface area contributed by atoms with E-state index in [9.17, 15) is 0 Å². The fourth-order valence-electron chi connectivity index (χ4n) is 2.27. The van der Waals surface area contributed by atoms with E-state index in [1.54, 1.807) is 0 Å². The van der Waals surface area contributed by atoms with Crippen LogP contribution in [0.5, 0.6) is 5.75 Å². The van der Waals surface area contributed by atoms with Crippen LogP contribution in [-0.2, 0) is 5.41 Å². The van der Waals surface area contributed by atoms with Crippen LogP contribution in [-0.4, -0.2) is 6.61 Å². The molecule has 0 amide bonds. The molecule has 62 valence electrons. The summed E-state index contributed by atoms with van der Waals surface area (Å²) in [4.78, 5) is 0. The van der Waals surface area contributed by atoms with E-state index in [0.29, 0.717) is 5.41 Å². The fraction of sp³-hybridized carbons (Fsp3) is 0.455. The fourth-order valence-corrected chi connectivity index (χ4v) is 2.27. The highest BCUT2D eigenvalue weighted by Crippen LogP contribution is 2.56. The van der Waals surface area contributed by atoms with E-state index < -0.39 is 0 Å². The second-order valence-corrected chi connectivity index (χ2v) is 4.02. The van der Waals surface area contributed by atoms with E-state index >= 15 is 0 Å². The number of ether oxygens (including phenoxy) is 1. The van der Waals surface area contributed by atoms with Crippen LogP contribution in [0, 0.1) is 6.92 Å². The van der Waals surface area contributed by atoms with E-state index in [0.717, 1.165) is 12.4 Å². The van der Waals surface area contributed by atoms with Gasteiger partial charge in [0, 0.05) is 11.0 Å². The summed E-state index contributed by atoms with van der Waals surface area (Å²) in [6.07, 6.45) is 2.65. The summed E-state index contributed by atoms with van der Waals surface area (Å²) in [5.41, 5.74) is 3.34. The van der Waals surface area contributed by atoms with Crippen LogP contribution in [0.3, 0.4) is 0 Å². The Morgan fingerprint density at radius 2 is 2.17 bits per heavy atom. The van der Waals surface area contributed by atoms with Crippen molar-refractivity contribution in [2.24, 2.45) is 0 Å². The number of rotatable bonds is 0.